The fourth-order valence-electron chi connectivity index (χ4n) is 8.40. The molecule has 4 aliphatic rings. The van der Waals surface area contributed by atoms with Crippen LogP contribution in [0.25, 0.3) is 0 Å². The molecular formula is C36H31ClN2O8. The van der Waals surface area contributed by atoms with Crippen LogP contribution >= 0.6 is 11.6 Å². The van der Waals surface area contributed by atoms with Gasteiger partial charge >= 0.3 is 6.09 Å². The number of aromatic hydroxyl groups is 1. The highest BCUT2D eigenvalue weighted by molar-refractivity contribution is 6.32. The largest absolute Gasteiger partial charge is 0.504 e. The monoisotopic (exact) mass is 654 g/mol. The number of benzene rings is 3. The molecule has 0 spiro atoms. The minimum atomic E-state index is -1.56. The molecule has 3 aromatic rings. The highest BCUT2D eigenvalue weighted by Crippen LogP contribution is 2.65. The van der Waals surface area contributed by atoms with Gasteiger partial charge in [0.15, 0.2) is 11.5 Å². The first kappa shape index (κ1) is 30.7. The molecule has 6 atom stereocenters. The number of carbonyl (C=O) groups excluding carboxylic acids is 5. The summed E-state index contributed by atoms with van der Waals surface area (Å²) in [5, 5.41) is 12.1. The van der Waals surface area contributed by atoms with Crippen molar-refractivity contribution in [1.29, 1.82) is 0 Å². The van der Waals surface area contributed by atoms with E-state index in [1.165, 1.54) is 0 Å². The van der Waals surface area contributed by atoms with Gasteiger partial charge in [-0.15, -0.1) is 0 Å². The number of ether oxygens (including phenoxy) is 2. The molecule has 47 heavy (non-hydrogen) atoms. The summed E-state index contributed by atoms with van der Waals surface area (Å²) in [6, 6.07) is 20.5. The maximum absolute atomic E-state index is 15.2. The van der Waals surface area contributed by atoms with Crippen molar-refractivity contribution in [2.75, 3.05) is 18.6 Å². The van der Waals surface area contributed by atoms with Crippen LogP contribution in [0.15, 0.2) is 84.4 Å². The zero-order valence-electron chi connectivity index (χ0n) is 25.6. The molecule has 3 fully saturated rings. The maximum atomic E-state index is 15.2. The number of halogens is 1. The molecule has 1 N–H and O–H groups in total. The number of anilines is 1. The first-order valence-electron chi connectivity index (χ1n) is 15.5. The number of imide groups is 4. The number of carbonyl (C=O) groups is 5. The predicted molar refractivity (Wildman–Crippen MR) is 170 cm³/mol. The van der Waals surface area contributed by atoms with Crippen LogP contribution in [-0.4, -0.2) is 53.4 Å². The topological polar surface area (TPSA) is 131 Å². The quantitative estimate of drug-likeness (QED) is 0.287. The number of hydrogen-bond acceptors (Lipinski definition) is 8. The fourth-order valence-corrected chi connectivity index (χ4v) is 8.59. The summed E-state index contributed by atoms with van der Waals surface area (Å²) >= 11 is 6.34. The molecule has 2 heterocycles. The van der Waals surface area contributed by atoms with E-state index in [9.17, 15) is 24.3 Å². The van der Waals surface area contributed by atoms with Crippen LogP contribution < -0.4 is 9.64 Å². The number of rotatable bonds is 5. The van der Waals surface area contributed by atoms with Gasteiger partial charge in [0.1, 0.15) is 0 Å². The van der Waals surface area contributed by atoms with E-state index in [0.29, 0.717) is 32.3 Å². The zero-order chi connectivity index (χ0) is 33.2. The number of amides is 5. The first-order chi connectivity index (χ1) is 22.7. The molecule has 2 saturated heterocycles. The molecule has 2 aliphatic carbocycles. The second-order valence-corrected chi connectivity index (χ2v) is 12.6. The molecule has 0 unspecified atom stereocenters. The number of likely N-dealkylation sites (tertiary alicyclic amines) is 1. The number of nitrogens with zero attached hydrogens (tertiary/aromatic N) is 2. The molecule has 2 aliphatic heterocycles. The molecule has 7 rings (SSSR count). The van der Waals surface area contributed by atoms with Gasteiger partial charge in [-0.2, -0.15) is 4.90 Å². The molecule has 240 valence electrons. The molecule has 11 heteroatoms. The summed E-state index contributed by atoms with van der Waals surface area (Å²) in [4.78, 5) is 71.6. The Morgan fingerprint density at radius 2 is 1.70 bits per heavy atom. The average molecular weight is 655 g/mol. The van der Waals surface area contributed by atoms with Crippen LogP contribution in [-0.2, 0) is 29.3 Å². The summed E-state index contributed by atoms with van der Waals surface area (Å²) in [5.74, 6) is -6.85. The van der Waals surface area contributed by atoms with Gasteiger partial charge in [-0.25, -0.2) is 9.69 Å². The highest BCUT2D eigenvalue weighted by Gasteiger charge is 2.70. The fraction of sp³-hybridized carbons (Fsp3) is 0.306. The van der Waals surface area contributed by atoms with Gasteiger partial charge in [0.05, 0.1) is 42.6 Å². The standard InChI is InChI=1S/C36H31ClN2O8/c1-3-47-27-14-8-13-24(30(27)40)29-22-15-16-23-28(33(43)39(31(23)41)35(45)46-2)25(22)18-26-32(42)38(21-12-7-11-20(37)17-21)34(44)36(26,29)19-9-5-4-6-10-19/h4-15,17,23,25-26,28-29,40H,3,16,18H2,1-2H3/t23-,25+,26-,28-,29+,36+/m0/s1. The van der Waals surface area contributed by atoms with Crippen LogP contribution in [0, 0.1) is 23.7 Å². The normalized spacial score (nSPS) is 28.1. The number of phenols is 1. The van der Waals surface area contributed by atoms with Gasteiger partial charge in [0, 0.05) is 16.5 Å². The Kier molecular flexibility index (Phi) is 7.43. The minimum absolute atomic E-state index is 0.0416. The van der Waals surface area contributed by atoms with Gasteiger partial charge in [-0.05, 0) is 55.5 Å². The van der Waals surface area contributed by atoms with Crippen LogP contribution in [0.2, 0.25) is 5.02 Å². The lowest BCUT2D eigenvalue weighted by molar-refractivity contribution is -0.138. The highest BCUT2D eigenvalue weighted by atomic mass is 35.5. The lowest BCUT2D eigenvalue weighted by Crippen LogP contribution is -2.53. The summed E-state index contributed by atoms with van der Waals surface area (Å²) < 4.78 is 10.5. The number of allylic oxidation sites excluding steroid dienone is 2. The maximum Gasteiger partial charge on any atom is 0.423 e. The predicted octanol–water partition coefficient (Wildman–Crippen LogP) is 5.37. The average Bonchev–Trinajstić information content (AvgIpc) is 3.46. The summed E-state index contributed by atoms with van der Waals surface area (Å²) in [5.41, 5.74) is 0.269. The lowest BCUT2D eigenvalue weighted by Gasteiger charge is -2.50. The first-order valence-corrected chi connectivity index (χ1v) is 15.8. The Morgan fingerprint density at radius 3 is 2.40 bits per heavy atom. The van der Waals surface area contributed by atoms with Crippen molar-refractivity contribution in [3.63, 3.8) is 0 Å². The molecule has 1 saturated carbocycles. The number of fused-ring (bicyclic) bond motifs is 4. The number of phenolic OH excluding ortho intramolecular Hbond substituents is 1. The molecule has 5 amide bonds. The van der Waals surface area contributed by atoms with Crippen LogP contribution in [0.5, 0.6) is 11.5 Å². The second kappa shape index (κ2) is 11.4. The van der Waals surface area contributed by atoms with Crippen molar-refractivity contribution in [2.24, 2.45) is 23.7 Å². The van der Waals surface area contributed by atoms with Crippen molar-refractivity contribution < 1.29 is 38.6 Å². The van der Waals surface area contributed by atoms with Crippen LogP contribution in [0.1, 0.15) is 36.8 Å². The Labute approximate surface area is 275 Å². The number of methoxy groups -OCH3 is 1. The van der Waals surface area contributed by atoms with E-state index in [1.54, 1.807) is 73.7 Å². The van der Waals surface area contributed by atoms with Gasteiger partial charge in [-0.3, -0.25) is 19.2 Å². The Morgan fingerprint density at radius 1 is 0.957 bits per heavy atom. The van der Waals surface area contributed by atoms with Gasteiger partial charge in [-0.1, -0.05) is 71.8 Å². The van der Waals surface area contributed by atoms with Crippen molar-refractivity contribution in [3.8, 4) is 11.5 Å². The van der Waals surface area contributed by atoms with Crippen LogP contribution in [0.3, 0.4) is 0 Å². The molecule has 0 bridgehead atoms. The molecular weight excluding hydrogens is 624 g/mol. The van der Waals surface area contributed by atoms with Crippen molar-refractivity contribution in [1.82, 2.24) is 4.90 Å². The van der Waals surface area contributed by atoms with Gasteiger partial charge in [0.25, 0.3) is 0 Å². The van der Waals surface area contributed by atoms with E-state index >= 15 is 4.79 Å². The third-order valence-corrected chi connectivity index (χ3v) is 10.4. The van der Waals surface area contributed by atoms with Crippen molar-refractivity contribution in [3.05, 3.63) is 101 Å². The van der Waals surface area contributed by atoms with E-state index in [2.05, 4.69) is 0 Å². The zero-order valence-corrected chi connectivity index (χ0v) is 26.3. The summed E-state index contributed by atoms with van der Waals surface area (Å²) in [7, 11) is 1.10. The molecule has 0 radical (unpaired) electrons. The summed E-state index contributed by atoms with van der Waals surface area (Å²) in [6.45, 7) is 2.05. The Bertz CT molecular complexity index is 1880. The van der Waals surface area contributed by atoms with E-state index < -0.39 is 64.7 Å². The Balaban J connectivity index is 1.51. The smallest absolute Gasteiger partial charge is 0.423 e. The molecule has 0 aromatic heterocycles. The third kappa shape index (κ3) is 4.27. The molecule has 10 nitrogen and oxygen atoms in total. The van der Waals surface area contributed by atoms with Crippen molar-refractivity contribution in [2.45, 2.75) is 31.1 Å². The Hall–Kier alpha value is -4.96. The third-order valence-electron chi connectivity index (χ3n) is 10.2. The minimum Gasteiger partial charge on any atom is -0.504 e. The van der Waals surface area contributed by atoms with E-state index in [-0.39, 0.29) is 30.9 Å². The van der Waals surface area contributed by atoms with Crippen LogP contribution in [0.4, 0.5) is 10.5 Å². The number of para-hydroxylation sites is 1. The van der Waals surface area contributed by atoms with E-state index in [0.717, 1.165) is 12.0 Å². The second-order valence-electron chi connectivity index (χ2n) is 12.2. The van der Waals surface area contributed by atoms with E-state index in [1.807, 2.05) is 12.1 Å². The lowest BCUT2D eigenvalue weighted by atomic mass is 9.49. The summed E-state index contributed by atoms with van der Waals surface area (Å²) in [6.07, 6.45) is 0.936. The van der Waals surface area contributed by atoms with Gasteiger partial charge in [0.2, 0.25) is 23.6 Å². The molecule has 3 aromatic carbocycles. The SMILES string of the molecule is CCOc1cccc([C@H]2C3=CC[C@@H]4C(=O)N(C(=O)OC)C(=O)[C@@H]4[C@@H]3C[C@H]3C(=O)N(c4cccc(Cl)c4)C(=O)[C@@]23c2ccccc2)c1O. The van der Waals surface area contributed by atoms with Gasteiger partial charge < -0.3 is 14.6 Å². The van der Waals surface area contributed by atoms with E-state index in [4.69, 9.17) is 21.1 Å². The number of hydrogen-bond donors (Lipinski definition) is 1. The van der Waals surface area contributed by atoms with Crippen molar-refractivity contribution >= 4 is 47.0 Å².